The molecular weight excluding hydrogens is 266 g/mol. The second-order valence-electron chi connectivity index (χ2n) is 6.02. The molecule has 0 fully saturated rings. The standard InChI is InChI=1S/C16H27N3O2/c1-11(2)8-13(10-19(3)4)18-16(20)12-6-7-15(21-5)14(17)9-12/h6-7,9,11,13H,8,10,17H2,1-5H3,(H,18,20). The summed E-state index contributed by atoms with van der Waals surface area (Å²) in [5, 5.41) is 3.08. The van der Waals surface area contributed by atoms with E-state index in [1.54, 1.807) is 25.3 Å². The zero-order valence-corrected chi connectivity index (χ0v) is 13.6. The summed E-state index contributed by atoms with van der Waals surface area (Å²) in [7, 11) is 5.57. The Hall–Kier alpha value is -1.75. The van der Waals surface area contributed by atoms with Crippen LogP contribution in [0.25, 0.3) is 0 Å². The molecular formula is C16H27N3O2. The van der Waals surface area contributed by atoms with E-state index in [1.165, 1.54) is 0 Å². The van der Waals surface area contributed by atoms with Gasteiger partial charge in [-0.2, -0.15) is 0 Å². The van der Waals surface area contributed by atoms with Crippen molar-refractivity contribution in [2.24, 2.45) is 5.92 Å². The zero-order chi connectivity index (χ0) is 16.0. The maximum Gasteiger partial charge on any atom is 0.251 e. The van der Waals surface area contributed by atoms with Crippen LogP contribution >= 0.6 is 0 Å². The van der Waals surface area contributed by atoms with Crippen LogP contribution in [-0.4, -0.2) is 44.6 Å². The first-order valence-corrected chi connectivity index (χ1v) is 7.22. The summed E-state index contributed by atoms with van der Waals surface area (Å²) in [5.41, 5.74) is 6.88. The molecule has 1 unspecified atom stereocenters. The van der Waals surface area contributed by atoms with E-state index in [0.29, 0.717) is 22.9 Å². The van der Waals surface area contributed by atoms with Crippen molar-refractivity contribution in [2.45, 2.75) is 26.3 Å². The van der Waals surface area contributed by atoms with Crippen LogP contribution in [0.2, 0.25) is 0 Å². The lowest BCUT2D eigenvalue weighted by atomic mass is 10.0. The number of nitrogens with two attached hydrogens (primary N) is 1. The third-order valence-electron chi connectivity index (χ3n) is 3.17. The molecule has 3 N–H and O–H groups in total. The van der Waals surface area contributed by atoms with Crippen LogP contribution in [0.1, 0.15) is 30.6 Å². The fourth-order valence-electron chi connectivity index (χ4n) is 2.33. The van der Waals surface area contributed by atoms with Gasteiger partial charge in [0.15, 0.2) is 0 Å². The number of nitrogen functional groups attached to an aromatic ring is 1. The highest BCUT2D eigenvalue weighted by molar-refractivity contribution is 5.95. The molecule has 1 aromatic carbocycles. The van der Waals surface area contributed by atoms with Gasteiger partial charge in [0.25, 0.3) is 5.91 Å². The van der Waals surface area contributed by atoms with Crippen molar-refractivity contribution in [2.75, 3.05) is 33.5 Å². The summed E-state index contributed by atoms with van der Waals surface area (Å²) in [6.07, 6.45) is 0.940. The van der Waals surface area contributed by atoms with Crippen LogP contribution in [0.5, 0.6) is 5.75 Å². The number of hydrogen-bond acceptors (Lipinski definition) is 4. The van der Waals surface area contributed by atoms with Gasteiger partial charge in [-0.15, -0.1) is 0 Å². The van der Waals surface area contributed by atoms with E-state index >= 15 is 0 Å². The molecule has 0 radical (unpaired) electrons. The molecule has 0 saturated carbocycles. The molecule has 0 saturated heterocycles. The van der Waals surface area contributed by atoms with Crippen LogP contribution in [0.3, 0.4) is 0 Å². The lowest BCUT2D eigenvalue weighted by Gasteiger charge is -2.24. The van der Waals surface area contributed by atoms with E-state index < -0.39 is 0 Å². The third-order valence-corrected chi connectivity index (χ3v) is 3.17. The fraction of sp³-hybridized carbons (Fsp3) is 0.562. The molecule has 1 rings (SSSR count). The van der Waals surface area contributed by atoms with Gasteiger partial charge in [-0.05, 0) is 44.6 Å². The molecule has 5 heteroatoms. The predicted octanol–water partition coefficient (Wildman–Crippen LogP) is 1.98. The van der Waals surface area contributed by atoms with Crippen molar-refractivity contribution in [3.05, 3.63) is 23.8 Å². The Bertz CT molecular complexity index is 463. The first-order chi connectivity index (χ1) is 9.83. The van der Waals surface area contributed by atoms with Gasteiger partial charge < -0.3 is 20.7 Å². The molecule has 118 valence electrons. The van der Waals surface area contributed by atoms with E-state index in [9.17, 15) is 4.79 Å². The van der Waals surface area contributed by atoms with Crippen molar-refractivity contribution in [1.29, 1.82) is 0 Å². The van der Waals surface area contributed by atoms with Gasteiger partial charge in [-0.25, -0.2) is 0 Å². The number of benzene rings is 1. The van der Waals surface area contributed by atoms with Gasteiger partial charge in [0.05, 0.1) is 12.8 Å². The zero-order valence-electron chi connectivity index (χ0n) is 13.6. The molecule has 1 aromatic rings. The molecule has 1 atom stereocenters. The second kappa shape index (κ2) is 7.88. The van der Waals surface area contributed by atoms with Crippen LogP contribution in [0, 0.1) is 5.92 Å². The summed E-state index contributed by atoms with van der Waals surface area (Å²) < 4.78 is 5.10. The molecule has 0 bridgehead atoms. The van der Waals surface area contributed by atoms with Gasteiger partial charge in [-0.3, -0.25) is 4.79 Å². The predicted molar refractivity (Wildman–Crippen MR) is 86.7 cm³/mol. The minimum Gasteiger partial charge on any atom is -0.495 e. The number of ether oxygens (including phenoxy) is 1. The first-order valence-electron chi connectivity index (χ1n) is 7.22. The summed E-state index contributed by atoms with van der Waals surface area (Å²) in [6, 6.07) is 5.21. The Kier molecular flexibility index (Phi) is 6.49. The molecule has 0 aromatic heterocycles. The SMILES string of the molecule is COc1ccc(C(=O)NC(CC(C)C)CN(C)C)cc1N. The maximum atomic E-state index is 12.3. The van der Waals surface area contributed by atoms with Gasteiger partial charge in [0, 0.05) is 18.2 Å². The monoisotopic (exact) mass is 293 g/mol. The van der Waals surface area contributed by atoms with Crippen molar-refractivity contribution >= 4 is 11.6 Å². The molecule has 0 aliphatic heterocycles. The third kappa shape index (κ3) is 5.63. The van der Waals surface area contributed by atoms with Crippen molar-refractivity contribution in [3.8, 4) is 5.75 Å². The smallest absolute Gasteiger partial charge is 0.251 e. The highest BCUT2D eigenvalue weighted by Crippen LogP contribution is 2.22. The fourth-order valence-corrected chi connectivity index (χ4v) is 2.33. The number of amides is 1. The van der Waals surface area contributed by atoms with E-state index in [0.717, 1.165) is 13.0 Å². The summed E-state index contributed by atoms with van der Waals surface area (Å²) in [6.45, 7) is 5.12. The van der Waals surface area contributed by atoms with Crippen LogP contribution in [0.4, 0.5) is 5.69 Å². The van der Waals surface area contributed by atoms with Crippen molar-refractivity contribution < 1.29 is 9.53 Å². The van der Waals surface area contributed by atoms with Crippen LogP contribution in [-0.2, 0) is 0 Å². The van der Waals surface area contributed by atoms with E-state index in [2.05, 4.69) is 24.1 Å². The highest BCUT2D eigenvalue weighted by atomic mass is 16.5. The van der Waals surface area contributed by atoms with Crippen molar-refractivity contribution in [3.63, 3.8) is 0 Å². The summed E-state index contributed by atoms with van der Waals surface area (Å²) in [4.78, 5) is 14.4. The second-order valence-corrected chi connectivity index (χ2v) is 6.02. The Balaban J connectivity index is 2.78. The summed E-state index contributed by atoms with van der Waals surface area (Å²) in [5.74, 6) is 1.01. The number of carbonyl (C=O) groups excluding carboxylic acids is 1. The van der Waals surface area contributed by atoms with Gasteiger partial charge >= 0.3 is 0 Å². The normalized spacial score (nSPS) is 12.5. The molecule has 0 aliphatic carbocycles. The van der Waals surface area contributed by atoms with Crippen LogP contribution < -0.4 is 15.8 Å². The topological polar surface area (TPSA) is 67.6 Å². The van der Waals surface area contributed by atoms with E-state index in [-0.39, 0.29) is 11.9 Å². The van der Waals surface area contributed by atoms with Gasteiger partial charge in [-0.1, -0.05) is 13.8 Å². The number of carbonyl (C=O) groups is 1. The summed E-state index contributed by atoms with van der Waals surface area (Å²) >= 11 is 0. The Morgan fingerprint density at radius 1 is 1.38 bits per heavy atom. The van der Waals surface area contributed by atoms with E-state index in [4.69, 9.17) is 10.5 Å². The number of nitrogens with zero attached hydrogens (tertiary/aromatic N) is 1. The average Bonchev–Trinajstić information content (AvgIpc) is 2.36. The quantitative estimate of drug-likeness (QED) is 0.754. The number of likely N-dealkylation sites (N-methyl/N-ethyl adjacent to an activating group) is 1. The van der Waals surface area contributed by atoms with Gasteiger partial charge in [0.2, 0.25) is 0 Å². The molecule has 21 heavy (non-hydrogen) atoms. The number of rotatable bonds is 7. The maximum absolute atomic E-state index is 12.3. The molecule has 0 aliphatic rings. The van der Waals surface area contributed by atoms with E-state index in [1.807, 2.05) is 14.1 Å². The van der Waals surface area contributed by atoms with Gasteiger partial charge in [0.1, 0.15) is 5.75 Å². The number of nitrogens with one attached hydrogen (secondary N) is 1. The van der Waals surface area contributed by atoms with Crippen LogP contribution in [0.15, 0.2) is 18.2 Å². The number of anilines is 1. The molecule has 5 nitrogen and oxygen atoms in total. The lowest BCUT2D eigenvalue weighted by Crippen LogP contribution is -2.42. The first kappa shape index (κ1) is 17.3. The largest absolute Gasteiger partial charge is 0.495 e. The molecule has 0 spiro atoms. The number of methoxy groups -OCH3 is 1. The highest BCUT2D eigenvalue weighted by Gasteiger charge is 2.16. The molecule has 1 amide bonds. The molecule has 0 heterocycles. The Morgan fingerprint density at radius 3 is 2.52 bits per heavy atom. The minimum absolute atomic E-state index is 0.100. The Morgan fingerprint density at radius 2 is 2.05 bits per heavy atom. The lowest BCUT2D eigenvalue weighted by molar-refractivity contribution is 0.0924. The average molecular weight is 293 g/mol. The number of hydrogen-bond donors (Lipinski definition) is 2. The minimum atomic E-state index is -0.100. The Labute approximate surface area is 127 Å². The van der Waals surface area contributed by atoms with Crippen molar-refractivity contribution in [1.82, 2.24) is 10.2 Å².